The van der Waals surface area contributed by atoms with E-state index < -0.39 is 0 Å². The predicted molar refractivity (Wildman–Crippen MR) is 91.3 cm³/mol. The van der Waals surface area contributed by atoms with Crippen molar-refractivity contribution in [3.8, 4) is 0 Å². The zero-order valence-electron chi connectivity index (χ0n) is 11.2. The third-order valence-electron chi connectivity index (χ3n) is 3.55. The Morgan fingerprint density at radius 2 is 2.00 bits per heavy atom. The highest BCUT2D eigenvalue weighted by Crippen LogP contribution is 2.34. The predicted octanol–water partition coefficient (Wildman–Crippen LogP) is 4.41. The van der Waals surface area contributed by atoms with Crippen LogP contribution in [0.3, 0.4) is 0 Å². The molecule has 1 amide bonds. The summed E-state index contributed by atoms with van der Waals surface area (Å²) in [6.07, 6.45) is 1.19. The van der Waals surface area contributed by atoms with Gasteiger partial charge in [0.25, 0.3) is 0 Å². The molecule has 1 aromatic carbocycles. The van der Waals surface area contributed by atoms with E-state index in [1.807, 2.05) is 18.2 Å². The van der Waals surface area contributed by atoms with Crippen molar-refractivity contribution in [2.45, 2.75) is 12.8 Å². The molecule has 108 valence electrons. The van der Waals surface area contributed by atoms with Crippen LogP contribution in [0.4, 0.5) is 5.69 Å². The topological polar surface area (TPSA) is 37.4 Å². The smallest absolute Gasteiger partial charge is 0.227 e. The number of benzene rings is 1. The molecule has 0 spiro atoms. The average molecular weight is 429 g/mol. The van der Waals surface area contributed by atoms with E-state index in [4.69, 9.17) is 0 Å². The van der Waals surface area contributed by atoms with Crippen molar-refractivity contribution >= 4 is 60.6 Å². The van der Waals surface area contributed by atoms with E-state index in [1.165, 1.54) is 11.3 Å². The fourth-order valence-corrected chi connectivity index (χ4v) is 4.40. The van der Waals surface area contributed by atoms with Crippen LogP contribution in [0.1, 0.15) is 27.2 Å². The maximum atomic E-state index is 12.5. The molecule has 21 heavy (non-hydrogen) atoms. The largest absolute Gasteiger partial charge is 0.315 e. The minimum absolute atomic E-state index is 0.00810. The van der Waals surface area contributed by atoms with Gasteiger partial charge in [-0.15, -0.1) is 11.3 Å². The molecule has 0 saturated carbocycles. The molecule has 6 heteroatoms. The summed E-state index contributed by atoms with van der Waals surface area (Å²) in [6.45, 7) is 0. The number of hydrogen-bond donors (Lipinski definition) is 0. The second-order valence-corrected chi connectivity index (χ2v) is 8.08. The summed E-state index contributed by atoms with van der Waals surface area (Å²) < 4.78 is 1.80. The Labute approximate surface area is 143 Å². The van der Waals surface area contributed by atoms with Crippen LogP contribution in [-0.4, -0.2) is 18.7 Å². The van der Waals surface area contributed by atoms with Crippen LogP contribution < -0.4 is 4.90 Å². The number of ketones is 1. The third-order valence-corrected chi connectivity index (χ3v) is 6.81. The van der Waals surface area contributed by atoms with Crippen molar-refractivity contribution < 1.29 is 9.59 Å². The highest BCUT2D eigenvalue weighted by Gasteiger charge is 2.22. The van der Waals surface area contributed by atoms with Gasteiger partial charge in [-0.25, -0.2) is 0 Å². The lowest BCUT2D eigenvalue weighted by Crippen LogP contribution is -2.31. The molecule has 3 rings (SSSR count). The second kappa shape index (κ2) is 5.66. The quantitative estimate of drug-likeness (QED) is 0.664. The van der Waals surface area contributed by atoms with Crippen LogP contribution in [0.2, 0.25) is 0 Å². The highest BCUT2D eigenvalue weighted by molar-refractivity contribution is 9.13. The number of nitrogens with zero attached hydrogens (tertiary/aromatic N) is 1. The highest BCUT2D eigenvalue weighted by atomic mass is 79.9. The Hall–Kier alpha value is -0.980. The van der Waals surface area contributed by atoms with Gasteiger partial charge in [-0.2, -0.15) is 0 Å². The molecule has 0 saturated heterocycles. The zero-order chi connectivity index (χ0) is 15.1. The lowest BCUT2D eigenvalue weighted by molar-refractivity contribution is -0.118. The fourth-order valence-electron chi connectivity index (χ4n) is 2.40. The summed E-state index contributed by atoms with van der Waals surface area (Å²) in [4.78, 5) is 26.6. The molecule has 1 aliphatic rings. The minimum Gasteiger partial charge on any atom is -0.315 e. The van der Waals surface area contributed by atoms with E-state index >= 15 is 0 Å². The first-order chi connectivity index (χ1) is 9.97. The first kappa shape index (κ1) is 14.9. The number of aryl methyl sites for hydroxylation is 1. The number of thiophene rings is 1. The Morgan fingerprint density at radius 3 is 2.67 bits per heavy atom. The minimum atomic E-state index is 0.00810. The number of halogens is 2. The Kier molecular flexibility index (Phi) is 4.03. The van der Waals surface area contributed by atoms with Gasteiger partial charge in [-0.05, 0) is 68.1 Å². The van der Waals surface area contributed by atoms with Gasteiger partial charge >= 0.3 is 0 Å². The van der Waals surface area contributed by atoms with Gasteiger partial charge in [-0.1, -0.05) is 0 Å². The summed E-state index contributed by atoms with van der Waals surface area (Å²) in [5.74, 6) is 0.126. The Bertz CT molecular complexity index is 735. The summed E-state index contributed by atoms with van der Waals surface area (Å²) in [6, 6.07) is 7.38. The lowest BCUT2D eigenvalue weighted by Gasteiger charge is -2.25. The van der Waals surface area contributed by atoms with Crippen molar-refractivity contribution in [2.75, 3.05) is 11.9 Å². The van der Waals surface area contributed by atoms with Crippen molar-refractivity contribution in [1.29, 1.82) is 0 Å². The van der Waals surface area contributed by atoms with Gasteiger partial charge in [0.2, 0.25) is 11.7 Å². The molecule has 0 fully saturated rings. The average Bonchev–Trinajstić information content (AvgIpc) is 2.81. The molecule has 0 bridgehead atoms. The molecule has 1 aromatic heterocycles. The van der Waals surface area contributed by atoms with Gasteiger partial charge in [0.15, 0.2) is 0 Å². The Morgan fingerprint density at radius 1 is 1.24 bits per heavy atom. The van der Waals surface area contributed by atoms with E-state index in [2.05, 4.69) is 31.9 Å². The standard InChI is InChI=1S/C15H11Br2NO2S/c1-18-11-4-2-9(6-8(11)3-5-13(18)19)14(20)12-7-10(16)15(17)21-12/h2,4,6-7H,3,5H2,1H3. The van der Waals surface area contributed by atoms with Crippen LogP contribution in [0, 0.1) is 0 Å². The van der Waals surface area contributed by atoms with Crippen LogP contribution in [0.5, 0.6) is 0 Å². The maximum absolute atomic E-state index is 12.5. The molecule has 2 heterocycles. The molecule has 0 aliphatic carbocycles. The molecular formula is C15H11Br2NO2S. The van der Waals surface area contributed by atoms with Crippen LogP contribution >= 0.6 is 43.2 Å². The van der Waals surface area contributed by atoms with Crippen molar-refractivity contribution in [1.82, 2.24) is 0 Å². The number of carbonyl (C=O) groups excluding carboxylic acids is 2. The number of amides is 1. The van der Waals surface area contributed by atoms with Crippen LogP contribution in [0.15, 0.2) is 32.5 Å². The number of fused-ring (bicyclic) bond motifs is 1. The third kappa shape index (κ3) is 2.72. The molecule has 0 atom stereocenters. The van der Waals surface area contributed by atoms with Gasteiger partial charge in [0.05, 0.1) is 8.66 Å². The van der Waals surface area contributed by atoms with Gasteiger partial charge in [-0.3, -0.25) is 9.59 Å². The monoisotopic (exact) mass is 427 g/mol. The molecule has 0 radical (unpaired) electrons. The van der Waals surface area contributed by atoms with E-state index in [0.717, 1.165) is 19.5 Å². The summed E-state index contributed by atoms with van der Waals surface area (Å²) in [7, 11) is 1.77. The fraction of sp³-hybridized carbons (Fsp3) is 0.200. The van der Waals surface area contributed by atoms with Crippen LogP contribution in [0.25, 0.3) is 0 Å². The van der Waals surface area contributed by atoms with Crippen molar-refractivity contribution in [3.05, 3.63) is 48.5 Å². The van der Waals surface area contributed by atoms with Gasteiger partial charge < -0.3 is 4.90 Å². The van der Waals surface area contributed by atoms with Crippen molar-refractivity contribution in [2.24, 2.45) is 0 Å². The first-order valence-corrected chi connectivity index (χ1v) is 8.76. The summed E-state index contributed by atoms with van der Waals surface area (Å²) >= 11 is 8.22. The summed E-state index contributed by atoms with van der Waals surface area (Å²) in [5, 5.41) is 0. The van der Waals surface area contributed by atoms with Gasteiger partial charge in [0.1, 0.15) is 0 Å². The normalized spacial score (nSPS) is 14.2. The first-order valence-electron chi connectivity index (χ1n) is 6.36. The molecule has 1 aliphatic heterocycles. The van der Waals surface area contributed by atoms with E-state index in [0.29, 0.717) is 23.3 Å². The van der Waals surface area contributed by atoms with Gasteiger partial charge in [0, 0.05) is 29.2 Å². The second-order valence-electron chi connectivity index (χ2n) is 4.86. The number of rotatable bonds is 2. The molecular weight excluding hydrogens is 418 g/mol. The SMILES string of the molecule is CN1C(=O)CCc2cc(C(=O)c3cc(Br)c(Br)s3)ccc21. The molecule has 0 N–H and O–H groups in total. The van der Waals surface area contributed by atoms with E-state index in [-0.39, 0.29) is 11.7 Å². The molecule has 0 unspecified atom stereocenters. The Balaban J connectivity index is 1.97. The maximum Gasteiger partial charge on any atom is 0.227 e. The summed E-state index contributed by atoms with van der Waals surface area (Å²) in [5.41, 5.74) is 2.62. The number of anilines is 1. The lowest BCUT2D eigenvalue weighted by atomic mass is 9.97. The van der Waals surface area contributed by atoms with E-state index in [9.17, 15) is 9.59 Å². The number of hydrogen-bond acceptors (Lipinski definition) is 3. The van der Waals surface area contributed by atoms with Crippen LogP contribution in [-0.2, 0) is 11.2 Å². The molecule has 3 nitrogen and oxygen atoms in total. The number of carbonyl (C=O) groups is 2. The zero-order valence-corrected chi connectivity index (χ0v) is 15.1. The van der Waals surface area contributed by atoms with Crippen molar-refractivity contribution in [3.63, 3.8) is 0 Å². The molecule has 2 aromatic rings. The van der Waals surface area contributed by atoms with E-state index in [1.54, 1.807) is 18.0 Å².